The maximum Gasteiger partial charge on any atom is 0.138 e. The summed E-state index contributed by atoms with van der Waals surface area (Å²) >= 11 is 0. The Bertz CT molecular complexity index is 559. The summed E-state index contributed by atoms with van der Waals surface area (Å²) in [5.74, 6) is -0.546. The van der Waals surface area contributed by atoms with E-state index in [0.717, 1.165) is 0 Å². The van der Waals surface area contributed by atoms with Crippen LogP contribution in [0, 0.1) is 0 Å². The van der Waals surface area contributed by atoms with Gasteiger partial charge in [-0.25, -0.2) is 0 Å². The predicted octanol–water partition coefficient (Wildman–Crippen LogP) is 3.11. The maximum atomic E-state index is 10.0. The number of rotatable bonds is 2. The zero-order chi connectivity index (χ0) is 12.4. The SMILES string of the molecule is C=Cc1c(O)cc(O)c(-c2ccccc2)c1O. The quantitative estimate of drug-likeness (QED) is 0.740. The summed E-state index contributed by atoms with van der Waals surface area (Å²) in [7, 11) is 0. The van der Waals surface area contributed by atoms with Gasteiger partial charge in [0.1, 0.15) is 17.2 Å². The average Bonchev–Trinajstić information content (AvgIpc) is 2.30. The van der Waals surface area contributed by atoms with Crippen LogP contribution in [0.15, 0.2) is 43.0 Å². The van der Waals surface area contributed by atoms with Gasteiger partial charge in [0.2, 0.25) is 0 Å². The van der Waals surface area contributed by atoms with Gasteiger partial charge in [0.15, 0.2) is 0 Å². The molecule has 0 bridgehead atoms. The molecule has 3 N–H and O–H groups in total. The van der Waals surface area contributed by atoms with E-state index in [1.807, 2.05) is 6.07 Å². The molecule has 3 heteroatoms. The first-order valence-corrected chi connectivity index (χ1v) is 5.11. The van der Waals surface area contributed by atoms with Crippen LogP contribution in [0.25, 0.3) is 17.2 Å². The van der Waals surface area contributed by atoms with Gasteiger partial charge in [0.05, 0.1) is 11.1 Å². The zero-order valence-electron chi connectivity index (χ0n) is 9.09. The van der Waals surface area contributed by atoms with Crippen molar-refractivity contribution in [1.82, 2.24) is 0 Å². The Morgan fingerprint density at radius 2 is 1.59 bits per heavy atom. The summed E-state index contributed by atoms with van der Waals surface area (Å²) in [6.07, 6.45) is 1.34. The Morgan fingerprint density at radius 3 is 2.18 bits per heavy atom. The van der Waals surface area contributed by atoms with Crippen molar-refractivity contribution in [1.29, 1.82) is 0 Å². The Hall–Kier alpha value is -2.42. The third kappa shape index (κ3) is 1.83. The Labute approximate surface area is 98.9 Å². The lowest BCUT2D eigenvalue weighted by Gasteiger charge is -2.11. The molecular weight excluding hydrogens is 216 g/mol. The highest BCUT2D eigenvalue weighted by Gasteiger charge is 2.16. The Balaban J connectivity index is 2.74. The molecule has 0 saturated heterocycles. The Kier molecular flexibility index (Phi) is 2.75. The van der Waals surface area contributed by atoms with E-state index in [1.165, 1.54) is 12.1 Å². The van der Waals surface area contributed by atoms with Crippen molar-refractivity contribution >= 4 is 6.08 Å². The van der Waals surface area contributed by atoms with Crippen LogP contribution in [-0.2, 0) is 0 Å². The fourth-order valence-corrected chi connectivity index (χ4v) is 1.75. The topological polar surface area (TPSA) is 60.7 Å². The van der Waals surface area contributed by atoms with Gasteiger partial charge in [0.25, 0.3) is 0 Å². The van der Waals surface area contributed by atoms with Crippen LogP contribution < -0.4 is 0 Å². The molecule has 0 amide bonds. The first-order valence-electron chi connectivity index (χ1n) is 5.11. The van der Waals surface area contributed by atoms with Gasteiger partial charge in [-0.3, -0.25) is 0 Å². The highest BCUT2D eigenvalue weighted by molar-refractivity contribution is 5.83. The molecule has 0 aliphatic carbocycles. The molecule has 0 aliphatic heterocycles. The van der Waals surface area contributed by atoms with Crippen LogP contribution in [-0.4, -0.2) is 15.3 Å². The second-order valence-corrected chi connectivity index (χ2v) is 3.62. The zero-order valence-corrected chi connectivity index (χ0v) is 9.09. The van der Waals surface area contributed by atoms with Gasteiger partial charge in [0, 0.05) is 6.07 Å². The van der Waals surface area contributed by atoms with Crippen LogP contribution in [0.1, 0.15) is 5.56 Å². The third-order valence-corrected chi connectivity index (χ3v) is 2.56. The first-order chi connectivity index (χ1) is 8.15. The van der Waals surface area contributed by atoms with Gasteiger partial charge < -0.3 is 15.3 Å². The lowest BCUT2D eigenvalue weighted by Crippen LogP contribution is -1.85. The van der Waals surface area contributed by atoms with E-state index in [1.54, 1.807) is 24.3 Å². The van der Waals surface area contributed by atoms with E-state index in [9.17, 15) is 15.3 Å². The van der Waals surface area contributed by atoms with Crippen LogP contribution in [0.5, 0.6) is 17.2 Å². The molecule has 0 heterocycles. The fraction of sp³-hybridized carbons (Fsp3) is 0. The number of phenolic OH excluding ortho intramolecular Hbond substituents is 3. The monoisotopic (exact) mass is 228 g/mol. The van der Waals surface area contributed by atoms with Crippen LogP contribution in [0.3, 0.4) is 0 Å². The van der Waals surface area contributed by atoms with Crippen molar-refractivity contribution in [3.8, 4) is 28.4 Å². The van der Waals surface area contributed by atoms with Gasteiger partial charge in [-0.15, -0.1) is 0 Å². The van der Waals surface area contributed by atoms with E-state index in [-0.39, 0.29) is 22.8 Å². The molecule has 0 fully saturated rings. The van der Waals surface area contributed by atoms with E-state index in [4.69, 9.17) is 0 Å². The number of benzene rings is 2. The van der Waals surface area contributed by atoms with Gasteiger partial charge in [-0.2, -0.15) is 0 Å². The molecule has 2 aromatic rings. The molecule has 0 radical (unpaired) electrons. The number of phenols is 3. The van der Waals surface area contributed by atoms with Crippen molar-refractivity contribution in [3.05, 3.63) is 48.5 Å². The van der Waals surface area contributed by atoms with Crippen LogP contribution in [0.4, 0.5) is 0 Å². The Morgan fingerprint density at radius 1 is 0.941 bits per heavy atom. The molecule has 2 rings (SSSR count). The largest absolute Gasteiger partial charge is 0.507 e. The standard InChI is InChI=1S/C14H12O3/c1-2-10-11(15)8-12(16)13(14(10)17)9-6-4-3-5-7-9/h2-8,15-17H,1H2. The van der Waals surface area contributed by atoms with Crippen molar-refractivity contribution < 1.29 is 15.3 Å². The summed E-state index contributed by atoms with van der Waals surface area (Å²) in [5, 5.41) is 29.4. The average molecular weight is 228 g/mol. The minimum atomic E-state index is -0.199. The van der Waals surface area contributed by atoms with Crippen LogP contribution >= 0.6 is 0 Å². The third-order valence-electron chi connectivity index (χ3n) is 2.56. The maximum absolute atomic E-state index is 10.0. The molecule has 0 atom stereocenters. The summed E-state index contributed by atoms with van der Waals surface area (Å²) in [5.41, 5.74) is 1.17. The van der Waals surface area contributed by atoms with Crippen molar-refractivity contribution in [2.75, 3.05) is 0 Å². The predicted molar refractivity (Wildman–Crippen MR) is 67.0 cm³/mol. The molecule has 2 aromatic carbocycles. The lowest BCUT2D eigenvalue weighted by molar-refractivity contribution is 0.429. The number of hydrogen-bond acceptors (Lipinski definition) is 3. The normalized spacial score (nSPS) is 10.1. The van der Waals surface area contributed by atoms with Crippen molar-refractivity contribution in [2.45, 2.75) is 0 Å². The summed E-state index contributed by atoms with van der Waals surface area (Å²) in [6, 6.07) is 10.2. The summed E-state index contributed by atoms with van der Waals surface area (Å²) < 4.78 is 0. The molecule has 17 heavy (non-hydrogen) atoms. The molecule has 3 nitrogen and oxygen atoms in total. The smallest absolute Gasteiger partial charge is 0.138 e. The van der Waals surface area contributed by atoms with E-state index >= 15 is 0 Å². The molecule has 0 spiro atoms. The van der Waals surface area contributed by atoms with E-state index in [2.05, 4.69) is 6.58 Å². The lowest BCUT2D eigenvalue weighted by atomic mass is 9.99. The first kappa shape index (κ1) is 11.1. The fourth-order valence-electron chi connectivity index (χ4n) is 1.75. The highest BCUT2D eigenvalue weighted by Crippen LogP contribution is 2.44. The minimum Gasteiger partial charge on any atom is -0.507 e. The van der Waals surface area contributed by atoms with Gasteiger partial charge in [-0.05, 0) is 5.56 Å². The van der Waals surface area contributed by atoms with E-state index in [0.29, 0.717) is 11.1 Å². The van der Waals surface area contributed by atoms with Crippen molar-refractivity contribution in [3.63, 3.8) is 0 Å². The second-order valence-electron chi connectivity index (χ2n) is 3.62. The molecule has 0 aromatic heterocycles. The minimum absolute atomic E-state index is 0.170. The number of aromatic hydroxyl groups is 3. The molecule has 0 aliphatic rings. The second kappa shape index (κ2) is 4.22. The molecule has 0 saturated carbocycles. The van der Waals surface area contributed by atoms with Gasteiger partial charge >= 0.3 is 0 Å². The van der Waals surface area contributed by atoms with Gasteiger partial charge in [-0.1, -0.05) is 43.0 Å². The van der Waals surface area contributed by atoms with E-state index < -0.39 is 0 Å². The summed E-state index contributed by atoms with van der Waals surface area (Å²) in [4.78, 5) is 0. The molecule has 86 valence electrons. The molecule has 0 unspecified atom stereocenters. The van der Waals surface area contributed by atoms with Crippen molar-refractivity contribution in [2.24, 2.45) is 0 Å². The number of hydrogen-bond donors (Lipinski definition) is 3. The summed E-state index contributed by atoms with van der Waals surface area (Å²) in [6.45, 7) is 3.52. The van der Waals surface area contributed by atoms with Crippen LogP contribution in [0.2, 0.25) is 0 Å². The molecular formula is C14H12O3. The highest BCUT2D eigenvalue weighted by atomic mass is 16.3.